The van der Waals surface area contributed by atoms with Crippen molar-refractivity contribution in [1.82, 2.24) is 4.98 Å². The van der Waals surface area contributed by atoms with Crippen molar-refractivity contribution in [3.8, 4) is 0 Å². The van der Waals surface area contributed by atoms with Crippen LogP contribution in [0.3, 0.4) is 0 Å². The molecule has 0 fully saturated rings. The average Bonchev–Trinajstić information content (AvgIpc) is 2.16. The van der Waals surface area contributed by atoms with Crippen molar-refractivity contribution < 1.29 is 15.0 Å². The third-order valence-corrected chi connectivity index (χ3v) is 1.96. The number of carboxylic acids is 1. The van der Waals surface area contributed by atoms with E-state index in [2.05, 4.69) is 4.98 Å². The molecule has 0 radical (unpaired) electrons. The van der Waals surface area contributed by atoms with E-state index in [0.29, 0.717) is 23.7 Å². The fourth-order valence-electron chi connectivity index (χ4n) is 1.38. The highest BCUT2D eigenvalue weighted by Gasteiger charge is 2.09. The number of aliphatic hydroxyl groups is 1. The van der Waals surface area contributed by atoms with Crippen LogP contribution in [0.4, 0.5) is 0 Å². The summed E-state index contributed by atoms with van der Waals surface area (Å²) >= 11 is 0. The Morgan fingerprint density at radius 1 is 1.38 bits per heavy atom. The summed E-state index contributed by atoms with van der Waals surface area (Å²) in [6.45, 7) is 3.84. The number of aromatic nitrogens is 1. The van der Waals surface area contributed by atoms with Crippen LogP contribution >= 0.6 is 12.4 Å². The van der Waals surface area contributed by atoms with Crippen molar-refractivity contribution in [2.24, 2.45) is 5.92 Å². The standard InChI is InChI=1S/C11H15NO3.ClH/c1-7(2)3-9-4-8(11(14)15)5-10(6-13)12-9;/h4-5,7,13H,3,6H2,1-2H3,(H,14,15);1H. The number of carbonyl (C=O) groups is 1. The Hall–Kier alpha value is -1.13. The normalized spacial score (nSPS) is 10.0. The Kier molecular flexibility index (Phi) is 6.00. The molecule has 0 saturated heterocycles. The molecule has 0 bridgehead atoms. The van der Waals surface area contributed by atoms with Crippen LogP contribution in [-0.2, 0) is 13.0 Å². The van der Waals surface area contributed by atoms with Gasteiger partial charge in [0.15, 0.2) is 0 Å². The van der Waals surface area contributed by atoms with Gasteiger partial charge in [-0.25, -0.2) is 4.79 Å². The van der Waals surface area contributed by atoms with Crippen LogP contribution < -0.4 is 0 Å². The van der Waals surface area contributed by atoms with Crippen molar-refractivity contribution in [2.75, 3.05) is 0 Å². The minimum Gasteiger partial charge on any atom is -0.478 e. The van der Waals surface area contributed by atoms with Gasteiger partial charge in [0.25, 0.3) is 0 Å². The maximum Gasteiger partial charge on any atom is 0.335 e. The molecule has 0 unspecified atom stereocenters. The van der Waals surface area contributed by atoms with Gasteiger partial charge in [-0.05, 0) is 24.5 Å². The summed E-state index contributed by atoms with van der Waals surface area (Å²) < 4.78 is 0. The summed E-state index contributed by atoms with van der Waals surface area (Å²) in [5.41, 5.74) is 1.31. The van der Waals surface area contributed by atoms with E-state index >= 15 is 0 Å². The molecule has 1 aromatic heterocycles. The van der Waals surface area contributed by atoms with Crippen molar-refractivity contribution in [2.45, 2.75) is 26.9 Å². The fraction of sp³-hybridized carbons (Fsp3) is 0.455. The second-order valence-corrected chi connectivity index (χ2v) is 3.90. The lowest BCUT2D eigenvalue weighted by molar-refractivity contribution is 0.0696. The molecule has 1 aromatic rings. The summed E-state index contributed by atoms with van der Waals surface area (Å²) in [5, 5.41) is 17.8. The first-order valence-corrected chi connectivity index (χ1v) is 4.87. The molecule has 5 heteroatoms. The van der Waals surface area contributed by atoms with E-state index in [1.54, 1.807) is 6.07 Å². The van der Waals surface area contributed by atoms with Gasteiger partial charge in [0.2, 0.25) is 0 Å². The van der Waals surface area contributed by atoms with Gasteiger partial charge in [0, 0.05) is 5.69 Å². The Morgan fingerprint density at radius 2 is 1.94 bits per heavy atom. The molecular formula is C11H16ClNO3. The predicted molar refractivity (Wildman–Crippen MR) is 62.9 cm³/mol. The van der Waals surface area contributed by atoms with Gasteiger partial charge in [-0.3, -0.25) is 4.98 Å². The predicted octanol–water partition coefficient (Wildman–Crippen LogP) is 1.89. The van der Waals surface area contributed by atoms with E-state index in [4.69, 9.17) is 10.2 Å². The molecule has 4 nitrogen and oxygen atoms in total. The van der Waals surface area contributed by atoms with Crippen molar-refractivity contribution >= 4 is 18.4 Å². The van der Waals surface area contributed by atoms with E-state index in [1.807, 2.05) is 13.8 Å². The summed E-state index contributed by atoms with van der Waals surface area (Å²) in [6.07, 6.45) is 0.716. The molecule has 0 aliphatic rings. The van der Waals surface area contributed by atoms with Crippen LogP contribution in [0.15, 0.2) is 12.1 Å². The first kappa shape index (κ1) is 14.9. The molecule has 0 amide bonds. The largest absolute Gasteiger partial charge is 0.478 e. The van der Waals surface area contributed by atoms with E-state index in [9.17, 15) is 4.79 Å². The van der Waals surface area contributed by atoms with Crippen molar-refractivity contribution in [3.63, 3.8) is 0 Å². The lowest BCUT2D eigenvalue weighted by Gasteiger charge is -2.07. The molecule has 0 saturated carbocycles. The number of carboxylic acid groups (broad SMARTS) is 1. The van der Waals surface area contributed by atoms with Crippen LogP contribution in [0.5, 0.6) is 0 Å². The minimum atomic E-state index is -0.989. The van der Waals surface area contributed by atoms with Crippen molar-refractivity contribution in [3.05, 3.63) is 29.1 Å². The Balaban J connectivity index is 0.00000225. The van der Waals surface area contributed by atoms with Gasteiger partial charge in [-0.2, -0.15) is 0 Å². The maximum atomic E-state index is 10.8. The first-order chi connectivity index (χ1) is 7.02. The van der Waals surface area contributed by atoms with E-state index in [-0.39, 0.29) is 24.6 Å². The molecule has 90 valence electrons. The lowest BCUT2D eigenvalue weighted by Crippen LogP contribution is -2.05. The zero-order chi connectivity index (χ0) is 11.4. The van der Waals surface area contributed by atoms with Crippen molar-refractivity contribution in [1.29, 1.82) is 0 Å². The average molecular weight is 246 g/mol. The topological polar surface area (TPSA) is 70.4 Å². The summed E-state index contributed by atoms with van der Waals surface area (Å²) in [5.74, 6) is -0.579. The van der Waals surface area contributed by atoms with Crippen LogP contribution in [0, 0.1) is 5.92 Å². The Morgan fingerprint density at radius 3 is 2.38 bits per heavy atom. The number of halogens is 1. The van der Waals surface area contributed by atoms with E-state index in [1.165, 1.54) is 6.07 Å². The highest BCUT2D eigenvalue weighted by atomic mass is 35.5. The summed E-state index contributed by atoms with van der Waals surface area (Å²) in [6, 6.07) is 2.95. The quantitative estimate of drug-likeness (QED) is 0.850. The van der Waals surface area contributed by atoms with Gasteiger partial charge in [-0.15, -0.1) is 12.4 Å². The number of pyridine rings is 1. The number of aromatic carboxylic acids is 1. The third-order valence-electron chi connectivity index (χ3n) is 1.96. The zero-order valence-electron chi connectivity index (χ0n) is 9.30. The molecule has 0 aromatic carbocycles. The summed E-state index contributed by atoms with van der Waals surface area (Å²) in [4.78, 5) is 15.0. The van der Waals surface area contributed by atoms with Crippen LogP contribution in [0.25, 0.3) is 0 Å². The fourth-order valence-corrected chi connectivity index (χ4v) is 1.38. The lowest BCUT2D eigenvalue weighted by atomic mass is 10.1. The SMILES string of the molecule is CC(C)Cc1cc(C(=O)O)cc(CO)n1.Cl. The minimum absolute atomic E-state index is 0. The van der Waals surface area contributed by atoms with Gasteiger partial charge >= 0.3 is 5.97 Å². The number of aliphatic hydroxyl groups excluding tert-OH is 1. The highest BCUT2D eigenvalue weighted by Crippen LogP contribution is 2.10. The molecule has 1 heterocycles. The molecule has 0 atom stereocenters. The molecule has 0 aliphatic carbocycles. The zero-order valence-corrected chi connectivity index (χ0v) is 10.1. The monoisotopic (exact) mass is 245 g/mol. The van der Waals surface area contributed by atoms with E-state index < -0.39 is 5.97 Å². The van der Waals surface area contributed by atoms with Gasteiger partial charge in [0.1, 0.15) is 0 Å². The maximum absolute atomic E-state index is 10.8. The second-order valence-electron chi connectivity index (χ2n) is 3.90. The number of nitrogens with zero attached hydrogens (tertiary/aromatic N) is 1. The first-order valence-electron chi connectivity index (χ1n) is 4.87. The third kappa shape index (κ3) is 4.16. The number of rotatable bonds is 4. The summed E-state index contributed by atoms with van der Waals surface area (Å²) in [7, 11) is 0. The molecule has 0 aliphatic heterocycles. The van der Waals surface area contributed by atoms with Gasteiger partial charge in [-0.1, -0.05) is 13.8 Å². The Labute approximate surface area is 101 Å². The smallest absolute Gasteiger partial charge is 0.335 e. The van der Waals surface area contributed by atoms with Crippen LogP contribution in [0.2, 0.25) is 0 Å². The highest BCUT2D eigenvalue weighted by molar-refractivity contribution is 5.87. The molecule has 2 N–H and O–H groups in total. The second kappa shape index (κ2) is 6.45. The molecular weight excluding hydrogens is 230 g/mol. The van der Waals surface area contributed by atoms with Gasteiger partial charge < -0.3 is 10.2 Å². The van der Waals surface area contributed by atoms with E-state index in [0.717, 1.165) is 0 Å². The molecule has 1 rings (SSSR count). The number of hydrogen-bond acceptors (Lipinski definition) is 3. The number of hydrogen-bond donors (Lipinski definition) is 2. The molecule has 0 spiro atoms. The van der Waals surface area contributed by atoms with Crippen LogP contribution in [-0.4, -0.2) is 21.2 Å². The Bertz CT molecular complexity index is 366. The van der Waals surface area contributed by atoms with Crippen LogP contribution in [0.1, 0.15) is 35.6 Å². The molecule has 16 heavy (non-hydrogen) atoms. The van der Waals surface area contributed by atoms with Gasteiger partial charge in [0.05, 0.1) is 17.9 Å².